The second kappa shape index (κ2) is 11.5. The van der Waals surface area contributed by atoms with Crippen LogP contribution in [0.4, 0.5) is 5.69 Å². The summed E-state index contributed by atoms with van der Waals surface area (Å²) >= 11 is 6.24. The van der Waals surface area contributed by atoms with Crippen LogP contribution in [0.1, 0.15) is 18.7 Å². The van der Waals surface area contributed by atoms with Crippen molar-refractivity contribution in [2.75, 3.05) is 46.8 Å². The molecule has 36 heavy (non-hydrogen) atoms. The first-order chi connectivity index (χ1) is 17.4. The first kappa shape index (κ1) is 25.6. The fraction of sp³-hybridized carbons (Fsp3) is 0.400. The van der Waals surface area contributed by atoms with Gasteiger partial charge in [-0.05, 0) is 43.7 Å². The molecule has 1 aliphatic rings. The molecule has 192 valence electrons. The number of hydrogen-bond acceptors (Lipinski definition) is 9. The van der Waals surface area contributed by atoms with Gasteiger partial charge >= 0.3 is 0 Å². The lowest BCUT2D eigenvalue weighted by Gasteiger charge is -2.31. The number of nitrogens with zero attached hydrogens (tertiary/aromatic N) is 3. The number of nitrogens with one attached hydrogen (secondary N) is 1. The van der Waals surface area contributed by atoms with Crippen LogP contribution in [0.25, 0.3) is 11.4 Å². The van der Waals surface area contributed by atoms with Crippen molar-refractivity contribution in [1.29, 1.82) is 0 Å². The van der Waals surface area contributed by atoms with Gasteiger partial charge in [0.2, 0.25) is 17.6 Å². The number of likely N-dealkylation sites (tertiary alicyclic amines) is 1. The summed E-state index contributed by atoms with van der Waals surface area (Å²) in [4.78, 5) is 19.7. The quantitative estimate of drug-likeness (QED) is 0.445. The number of aromatic nitrogens is 2. The van der Waals surface area contributed by atoms with Crippen molar-refractivity contribution in [3.63, 3.8) is 0 Å². The Bertz CT molecular complexity index is 1220. The van der Waals surface area contributed by atoms with E-state index in [1.807, 2.05) is 6.07 Å². The number of carbonyl (C=O) groups excluding carboxylic acids is 1. The predicted molar refractivity (Wildman–Crippen MR) is 134 cm³/mol. The zero-order valence-electron chi connectivity index (χ0n) is 20.7. The van der Waals surface area contributed by atoms with Crippen LogP contribution in [0.2, 0.25) is 5.02 Å². The monoisotopic (exact) mass is 516 g/mol. The first-order valence-corrected chi connectivity index (χ1v) is 11.8. The molecule has 1 amide bonds. The van der Waals surface area contributed by atoms with Crippen LogP contribution in [0, 0.1) is 5.92 Å². The fourth-order valence-electron chi connectivity index (χ4n) is 4.21. The number of amides is 1. The van der Waals surface area contributed by atoms with Crippen molar-refractivity contribution < 1.29 is 28.3 Å². The Balaban J connectivity index is 1.40. The summed E-state index contributed by atoms with van der Waals surface area (Å²) in [6.07, 6.45) is 1.64. The average Bonchev–Trinajstić information content (AvgIpc) is 3.37. The third-order valence-electron chi connectivity index (χ3n) is 6.08. The average molecular weight is 517 g/mol. The van der Waals surface area contributed by atoms with E-state index in [-0.39, 0.29) is 11.8 Å². The molecule has 2 heterocycles. The summed E-state index contributed by atoms with van der Waals surface area (Å²) in [6, 6.07) is 8.72. The van der Waals surface area contributed by atoms with Crippen LogP contribution in [0.5, 0.6) is 23.0 Å². The molecule has 1 N–H and O–H groups in total. The number of carbonyl (C=O) groups is 1. The van der Waals surface area contributed by atoms with Gasteiger partial charge in [-0.25, -0.2) is 0 Å². The minimum atomic E-state index is -0.211. The Labute approximate surface area is 214 Å². The van der Waals surface area contributed by atoms with Crippen molar-refractivity contribution in [3.8, 4) is 34.4 Å². The minimum Gasteiger partial charge on any atom is -0.495 e. The molecule has 1 unspecified atom stereocenters. The molecule has 1 aliphatic heterocycles. The predicted octanol–water partition coefficient (Wildman–Crippen LogP) is 4.28. The Kier molecular flexibility index (Phi) is 8.17. The third-order valence-corrected chi connectivity index (χ3v) is 6.37. The fourth-order valence-corrected chi connectivity index (χ4v) is 4.45. The first-order valence-electron chi connectivity index (χ1n) is 11.5. The maximum atomic E-state index is 13.1. The van der Waals surface area contributed by atoms with E-state index >= 15 is 0 Å². The highest BCUT2D eigenvalue weighted by Crippen LogP contribution is 2.36. The van der Waals surface area contributed by atoms with Gasteiger partial charge < -0.3 is 28.8 Å². The SMILES string of the molecule is COc1cc(OC)c(NC(=O)C2CCCN(Cc3nc(-c4ccc(OC)c(OC)c4)no3)C2)cc1Cl. The van der Waals surface area contributed by atoms with E-state index < -0.39 is 0 Å². The van der Waals surface area contributed by atoms with Gasteiger partial charge in [0.05, 0.1) is 51.6 Å². The van der Waals surface area contributed by atoms with Crippen molar-refractivity contribution in [2.45, 2.75) is 19.4 Å². The maximum Gasteiger partial charge on any atom is 0.241 e. The van der Waals surface area contributed by atoms with E-state index in [1.54, 1.807) is 38.5 Å². The third kappa shape index (κ3) is 5.66. The molecule has 11 heteroatoms. The molecule has 10 nitrogen and oxygen atoms in total. The summed E-state index contributed by atoms with van der Waals surface area (Å²) in [7, 11) is 6.21. The molecular weight excluding hydrogens is 488 g/mol. The van der Waals surface area contributed by atoms with Gasteiger partial charge in [-0.1, -0.05) is 16.8 Å². The molecule has 2 aromatic carbocycles. The zero-order chi connectivity index (χ0) is 25.7. The van der Waals surface area contributed by atoms with Crippen LogP contribution in [-0.2, 0) is 11.3 Å². The van der Waals surface area contributed by atoms with Crippen LogP contribution in [0.15, 0.2) is 34.9 Å². The normalized spacial score (nSPS) is 15.9. The molecule has 1 atom stereocenters. The Hall–Kier alpha value is -3.50. The Morgan fingerprint density at radius 1 is 1.06 bits per heavy atom. The Morgan fingerprint density at radius 3 is 2.53 bits per heavy atom. The smallest absolute Gasteiger partial charge is 0.241 e. The van der Waals surface area contributed by atoms with E-state index in [9.17, 15) is 4.79 Å². The molecule has 1 fully saturated rings. The van der Waals surface area contributed by atoms with Gasteiger partial charge in [-0.15, -0.1) is 0 Å². The molecule has 0 spiro atoms. The summed E-state index contributed by atoms with van der Waals surface area (Å²) < 4.78 is 26.7. The van der Waals surface area contributed by atoms with E-state index in [0.717, 1.165) is 24.9 Å². The minimum absolute atomic E-state index is 0.101. The number of hydrogen-bond donors (Lipinski definition) is 1. The molecule has 1 saturated heterocycles. The number of rotatable bonds is 9. The van der Waals surface area contributed by atoms with Gasteiger partial charge in [0.15, 0.2) is 11.5 Å². The highest BCUT2D eigenvalue weighted by Gasteiger charge is 2.28. The second-order valence-electron chi connectivity index (χ2n) is 8.33. The highest BCUT2D eigenvalue weighted by molar-refractivity contribution is 6.32. The van der Waals surface area contributed by atoms with E-state index in [0.29, 0.717) is 58.5 Å². The number of ether oxygens (including phenoxy) is 4. The topological polar surface area (TPSA) is 108 Å². The maximum absolute atomic E-state index is 13.1. The molecule has 0 bridgehead atoms. The van der Waals surface area contributed by atoms with Crippen molar-refractivity contribution in [2.24, 2.45) is 5.92 Å². The largest absolute Gasteiger partial charge is 0.495 e. The van der Waals surface area contributed by atoms with Crippen LogP contribution < -0.4 is 24.3 Å². The summed E-state index contributed by atoms with van der Waals surface area (Å²) in [6.45, 7) is 1.84. The zero-order valence-corrected chi connectivity index (χ0v) is 21.4. The van der Waals surface area contributed by atoms with E-state index in [1.165, 1.54) is 14.2 Å². The van der Waals surface area contributed by atoms with Crippen molar-refractivity contribution in [3.05, 3.63) is 41.2 Å². The number of anilines is 1. The second-order valence-corrected chi connectivity index (χ2v) is 8.74. The molecule has 1 aromatic heterocycles. The molecule has 4 rings (SSSR count). The van der Waals surface area contributed by atoms with E-state index in [2.05, 4.69) is 20.4 Å². The lowest BCUT2D eigenvalue weighted by atomic mass is 9.97. The molecule has 0 aliphatic carbocycles. The van der Waals surface area contributed by atoms with E-state index in [4.69, 9.17) is 35.1 Å². The number of benzene rings is 2. The van der Waals surface area contributed by atoms with Crippen LogP contribution >= 0.6 is 11.6 Å². The number of methoxy groups -OCH3 is 4. The van der Waals surface area contributed by atoms with Crippen molar-refractivity contribution in [1.82, 2.24) is 15.0 Å². The summed E-state index contributed by atoms with van der Waals surface area (Å²) in [5.74, 6) is 2.78. The molecular formula is C25H29ClN4O6. The molecule has 3 aromatic rings. The lowest BCUT2D eigenvalue weighted by molar-refractivity contribution is -0.121. The van der Waals surface area contributed by atoms with Crippen LogP contribution in [-0.4, -0.2) is 62.5 Å². The van der Waals surface area contributed by atoms with Crippen LogP contribution in [0.3, 0.4) is 0 Å². The van der Waals surface area contributed by atoms with Gasteiger partial charge in [0.1, 0.15) is 11.5 Å². The van der Waals surface area contributed by atoms with Gasteiger partial charge in [-0.2, -0.15) is 4.98 Å². The molecule has 0 saturated carbocycles. The van der Waals surface area contributed by atoms with Gasteiger partial charge in [0.25, 0.3) is 0 Å². The highest BCUT2D eigenvalue weighted by atomic mass is 35.5. The van der Waals surface area contributed by atoms with Crippen molar-refractivity contribution >= 4 is 23.2 Å². The Morgan fingerprint density at radius 2 is 1.81 bits per heavy atom. The van der Waals surface area contributed by atoms with Gasteiger partial charge in [0, 0.05) is 18.2 Å². The van der Waals surface area contributed by atoms with Gasteiger partial charge in [-0.3, -0.25) is 9.69 Å². The number of halogens is 1. The number of piperidine rings is 1. The lowest BCUT2D eigenvalue weighted by Crippen LogP contribution is -2.40. The molecule has 0 radical (unpaired) electrons. The standard InChI is InChI=1S/C25H29ClN4O6/c1-32-19-8-7-15(10-22(19)35-4)24-28-23(36-29-24)14-30-9-5-6-16(13-30)25(31)27-18-11-17(26)20(33-2)12-21(18)34-3/h7-8,10-12,16H,5-6,9,13-14H2,1-4H3,(H,27,31). The summed E-state index contributed by atoms with van der Waals surface area (Å²) in [5, 5.41) is 7.45. The summed E-state index contributed by atoms with van der Waals surface area (Å²) in [5.41, 5.74) is 1.26.